The molecule has 0 aliphatic carbocycles. The van der Waals surface area contributed by atoms with Crippen LogP contribution in [0, 0.1) is 0 Å². The van der Waals surface area contributed by atoms with Crippen molar-refractivity contribution in [2.24, 2.45) is 7.05 Å². The van der Waals surface area contributed by atoms with Gasteiger partial charge in [0.25, 0.3) is 0 Å². The Bertz CT molecular complexity index is 951. The average Bonchev–Trinajstić information content (AvgIpc) is 3.22. The molecule has 4 rings (SSSR count). The smallest absolute Gasteiger partial charge is 0.160 e. The van der Waals surface area contributed by atoms with E-state index < -0.39 is 0 Å². The molecule has 6 nitrogen and oxygen atoms in total. The van der Waals surface area contributed by atoms with E-state index in [9.17, 15) is 0 Å². The van der Waals surface area contributed by atoms with Crippen LogP contribution in [0.4, 0.5) is 5.82 Å². The molecule has 0 bridgehead atoms. The van der Waals surface area contributed by atoms with Crippen molar-refractivity contribution in [3.8, 4) is 11.5 Å². The van der Waals surface area contributed by atoms with E-state index in [1.807, 2.05) is 29.9 Å². The zero-order valence-corrected chi connectivity index (χ0v) is 13.4. The first-order chi connectivity index (χ1) is 11.8. The molecular formula is C18H18N6. The van der Waals surface area contributed by atoms with Crippen LogP contribution >= 0.6 is 0 Å². The van der Waals surface area contributed by atoms with E-state index >= 15 is 0 Å². The Hall–Kier alpha value is -3.15. The van der Waals surface area contributed by atoms with E-state index in [1.165, 1.54) is 10.9 Å². The first kappa shape index (κ1) is 14.4. The fraction of sp³-hybridized carbons (Fsp3) is 0.167. The van der Waals surface area contributed by atoms with Gasteiger partial charge >= 0.3 is 0 Å². The zero-order chi connectivity index (χ0) is 16.4. The maximum Gasteiger partial charge on any atom is 0.160 e. The summed E-state index contributed by atoms with van der Waals surface area (Å²) in [5, 5.41) is 13.1. The lowest BCUT2D eigenvalue weighted by Gasteiger charge is -2.08. The topological polar surface area (TPSA) is 60.6 Å². The molecule has 0 saturated heterocycles. The number of fused-ring (bicyclic) bond motifs is 1. The largest absolute Gasteiger partial charge is 0.367 e. The van der Waals surface area contributed by atoms with E-state index in [0.717, 1.165) is 30.4 Å². The maximum atomic E-state index is 4.28. The third kappa shape index (κ3) is 2.74. The quantitative estimate of drug-likeness (QED) is 0.614. The fourth-order valence-electron chi connectivity index (χ4n) is 2.80. The minimum Gasteiger partial charge on any atom is -0.367 e. The standard InChI is InChI=1S/C18H18N6/c1-23-12-9-20-18(23)15-6-7-17(22-21-15)19-10-13-24-11-8-14-4-2-3-5-16(14)24/h2-9,11-12H,10,13H2,1H3,(H,19,22). The van der Waals surface area contributed by atoms with Crippen LogP contribution in [-0.2, 0) is 13.6 Å². The molecule has 0 amide bonds. The number of nitrogens with one attached hydrogen (secondary N) is 1. The number of hydrogen-bond donors (Lipinski definition) is 1. The Balaban J connectivity index is 1.40. The number of nitrogens with zero attached hydrogens (tertiary/aromatic N) is 5. The third-order valence-electron chi connectivity index (χ3n) is 4.05. The van der Waals surface area contributed by atoms with Crippen molar-refractivity contribution in [3.05, 3.63) is 61.1 Å². The number of rotatable bonds is 5. The predicted octanol–water partition coefficient (Wildman–Crippen LogP) is 2.94. The van der Waals surface area contributed by atoms with Gasteiger partial charge in [-0.3, -0.25) is 0 Å². The number of hydrogen-bond acceptors (Lipinski definition) is 4. The van der Waals surface area contributed by atoms with Gasteiger partial charge in [0.1, 0.15) is 11.5 Å². The van der Waals surface area contributed by atoms with Crippen molar-refractivity contribution in [1.82, 2.24) is 24.3 Å². The molecule has 120 valence electrons. The second kappa shape index (κ2) is 6.16. The second-order valence-corrected chi connectivity index (χ2v) is 5.66. The number of imidazole rings is 1. The summed E-state index contributed by atoms with van der Waals surface area (Å²) in [5.41, 5.74) is 2.01. The van der Waals surface area contributed by atoms with Gasteiger partial charge in [-0.15, -0.1) is 10.2 Å². The molecule has 0 fully saturated rings. The summed E-state index contributed by atoms with van der Waals surface area (Å²) in [6.45, 7) is 1.66. The van der Waals surface area contributed by atoms with E-state index in [4.69, 9.17) is 0 Å². The zero-order valence-electron chi connectivity index (χ0n) is 13.4. The Morgan fingerprint density at radius 1 is 1.00 bits per heavy atom. The fourth-order valence-corrected chi connectivity index (χ4v) is 2.80. The van der Waals surface area contributed by atoms with Crippen molar-refractivity contribution in [3.63, 3.8) is 0 Å². The lowest BCUT2D eigenvalue weighted by Crippen LogP contribution is -2.11. The van der Waals surface area contributed by atoms with Crippen LogP contribution in [0.25, 0.3) is 22.4 Å². The summed E-state index contributed by atoms with van der Waals surface area (Å²) >= 11 is 0. The highest BCUT2D eigenvalue weighted by Crippen LogP contribution is 2.16. The molecule has 3 heterocycles. The molecule has 0 aliphatic rings. The second-order valence-electron chi connectivity index (χ2n) is 5.66. The number of benzene rings is 1. The predicted molar refractivity (Wildman–Crippen MR) is 94.7 cm³/mol. The van der Waals surface area contributed by atoms with Gasteiger partial charge in [0, 0.05) is 44.2 Å². The van der Waals surface area contributed by atoms with Gasteiger partial charge in [-0.05, 0) is 29.7 Å². The van der Waals surface area contributed by atoms with Gasteiger partial charge in [0.2, 0.25) is 0 Å². The maximum absolute atomic E-state index is 4.28. The van der Waals surface area contributed by atoms with Crippen molar-refractivity contribution >= 4 is 16.7 Å². The Labute approximate surface area is 139 Å². The van der Waals surface area contributed by atoms with Crippen molar-refractivity contribution in [2.75, 3.05) is 11.9 Å². The van der Waals surface area contributed by atoms with Gasteiger partial charge in [-0.1, -0.05) is 18.2 Å². The number of anilines is 1. The lowest BCUT2D eigenvalue weighted by molar-refractivity contribution is 0.753. The molecule has 6 heteroatoms. The first-order valence-electron chi connectivity index (χ1n) is 7.90. The molecule has 3 aromatic heterocycles. The molecule has 0 spiro atoms. The van der Waals surface area contributed by atoms with E-state index in [1.54, 1.807) is 6.20 Å². The van der Waals surface area contributed by atoms with Crippen molar-refractivity contribution in [1.29, 1.82) is 0 Å². The van der Waals surface area contributed by atoms with Crippen LogP contribution in [0.1, 0.15) is 0 Å². The van der Waals surface area contributed by atoms with Crippen LogP contribution in [0.5, 0.6) is 0 Å². The summed E-state index contributed by atoms with van der Waals surface area (Å²) in [6.07, 6.45) is 5.76. The van der Waals surface area contributed by atoms with E-state index in [0.29, 0.717) is 0 Å². The molecule has 0 unspecified atom stereocenters. The summed E-state index contributed by atoms with van der Waals surface area (Å²) < 4.78 is 4.16. The number of para-hydroxylation sites is 1. The van der Waals surface area contributed by atoms with E-state index in [2.05, 4.69) is 61.6 Å². The van der Waals surface area contributed by atoms with Crippen LogP contribution < -0.4 is 5.32 Å². The van der Waals surface area contributed by atoms with Crippen LogP contribution in [0.15, 0.2) is 61.1 Å². The van der Waals surface area contributed by atoms with Crippen LogP contribution in [0.3, 0.4) is 0 Å². The molecular weight excluding hydrogens is 300 g/mol. The highest BCUT2D eigenvalue weighted by Gasteiger charge is 2.05. The molecule has 0 radical (unpaired) electrons. The van der Waals surface area contributed by atoms with Gasteiger partial charge in [-0.25, -0.2) is 4.98 Å². The average molecular weight is 318 g/mol. The first-order valence-corrected chi connectivity index (χ1v) is 7.90. The summed E-state index contributed by atoms with van der Waals surface area (Å²) in [4.78, 5) is 4.28. The summed E-state index contributed by atoms with van der Waals surface area (Å²) in [6, 6.07) is 14.4. The highest BCUT2D eigenvalue weighted by molar-refractivity contribution is 5.79. The summed E-state index contributed by atoms with van der Waals surface area (Å²) in [5.74, 6) is 1.58. The number of aryl methyl sites for hydroxylation is 1. The Kier molecular flexibility index (Phi) is 3.70. The van der Waals surface area contributed by atoms with Gasteiger partial charge in [-0.2, -0.15) is 0 Å². The molecule has 1 N–H and O–H groups in total. The van der Waals surface area contributed by atoms with Crippen molar-refractivity contribution < 1.29 is 0 Å². The molecule has 0 saturated carbocycles. The minimum absolute atomic E-state index is 0.768. The third-order valence-corrected chi connectivity index (χ3v) is 4.05. The molecule has 0 aliphatic heterocycles. The minimum atomic E-state index is 0.768. The Morgan fingerprint density at radius 2 is 1.92 bits per heavy atom. The normalized spacial score (nSPS) is 11.0. The number of aromatic nitrogens is 5. The molecule has 4 aromatic rings. The lowest BCUT2D eigenvalue weighted by atomic mass is 10.2. The van der Waals surface area contributed by atoms with E-state index in [-0.39, 0.29) is 0 Å². The van der Waals surface area contributed by atoms with Crippen LogP contribution in [0.2, 0.25) is 0 Å². The molecule has 0 atom stereocenters. The molecule has 1 aromatic carbocycles. The Morgan fingerprint density at radius 3 is 2.71 bits per heavy atom. The molecule has 24 heavy (non-hydrogen) atoms. The highest BCUT2D eigenvalue weighted by atomic mass is 15.2. The van der Waals surface area contributed by atoms with Crippen LogP contribution in [-0.4, -0.2) is 30.9 Å². The van der Waals surface area contributed by atoms with Gasteiger partial charge in [0.15, 0.2) is 5.82 Å². The monoisotopic (exact) mass is 318 g/mol. The van der Waals surface area contributed by atoms with Gasteiger partial charge in [0.05, 0.1) is 0 Å². The summed E-state index contributed by atoms with van der Waals surface area (Å²) in [7, 11) is 1.94. The van der Waals surface area contributed by atoms with Crippen molar-refractivity contribution in [2.45, 2.75) is 6.54 Å². The van der Waals surface area contributed by atoms with Gasteiger partial charge < -0.3 is 14.5 Å². The SMILES string of the molecule is Cn1ccnc1-c1ccc(NCCn2ccc3ccccc32)nn1.